The Kier molecular flexibility index (Phi) is 4.90. The van der Waals surface area contributed by atoms with Crippen LogP contribution < -0.4 is 0 Å². The summed E-state index contributed by atoms with van der Waals surface area (Å²) in [6.45, 7) is 0. The highest BCUT2D eigenvalue weighted by Crippen LogP contribution is 2.31. The van der Waals surface area contributed by atoms with Crippen molar-refractivity contribution in [1.29, 1.82) is 0 Å². The maximum Gasteiger partial charge on any atom is 0.0708 e. The van der Waals surface area contributed by atoms with Crippen LogP contribution in [0.1, 0.15) is 0 Å². The molecule has 1 nitrogen and oxygen atoms in total. The van der Waals surface area contributed by atoms with E-state index in [2.05, 4.69) is 103 Å². The Balaban J connectivity index is 1.33. The van der Waals surface area contributed by atoms with Crippen LogP contribution in [0.5, 0.6) is 0 Å². The van der Waals surface area contributed by atoms with Crippen LogP contribution in [0.3, 0.4) is 0 Å². The van der Waals surface area contributed by atoms with E-state index in [1.165, 1.54) is 38.2 Å². The molecule has 1 heterocycles. The van der Waals surface area contributed by atoms with Crippen LogP contribution in [-0.2, 0) is 0 Å². The highest BCUT2D eigenvalue weighted by molar-refractivity contribution is 6.30. The normalized spacial score (nSPS) is 11.2. The van der Waals surface area contributed by atoms with Crippen molar-refractivity contribution in [3.05, 3.63) is 126 Å². The van der Waals surface area contributed by atoms with Gasteiger partial charge in [0.1, 0.15) is 0 Å². The molecule has 0 unspecified atom stereocenters. The van der Waals surface area contributed by atoms with E-state index >= 15 is 0 Å². The number of fused-ring (bicyclic) bond motifs is 2. The van der Waals surface area contributed by atoms with Crippen LogP contribution in [0.15, 0.2) is 121 Å². The standard InChI is InChI=1S/C31H20ClN/c32-28-15-12-21(13-16-28)23-8-9-25-19-26(11-10-24(25)18-23)27-14-17-31(33-20-27)30-7-3-5-22-4-1-2-6-29(22)30/h1-20H. The minimum absolute atomic E-state index is 0.754. The molecule has 33 heavy (non-hydrogen) atoms. The van der Waals surface area contributed by atoms with Crippen molar-refractivity contribution in [2.75, 3.05) is 0 Å². The molecule has 0 saturated carbocycles. The van der Waals surface area contributed by atoms with E-state index in [9.17, 15) is 0 Å². The van der Waals surface area contributed by atoms with Crippen LogP contribution in [0.4, 0.5) is 0 Å². The van der Waals surface area contributed by atoms with Gasteiger partial charge in [0.2, 0.25) is 0 Å². The van der Waals surface area contributed by atoms with Crippen molar-refractivity contribution in [3.8, 4) is 33.5 Å². The monoisotopic (exact) mass is 441 g/mol. The van der Waals surface area contributed by atoms with Gasteiger partial charge >= 0.3 is 0 Å². The van der Waals surface area contributed by atoms with Gasteiger partial charge in [-0.1, -0.05) is 96.5 Å². The minimum atomic E-state index is 0.754. The number of hydrogen-bond acceptors (Lipinski definition) is 1. The second kappa shape index (κ2) is 8.20. The Bertz CT molecular complexity index is 1590. The maximum absolute atomic E-state index is 6.03. The minimum Gasteiger partial charge on any atom is -0.256 e. The van der Waals surface area contributed by atoms with E-state index < -0.39 is 0 Å². The molecule has 0 amide bonds. The summed E-state index contributed by atoms with van der Waals surface area (Å²) in [6, 6.07) is 40.2. The van der Waals surface area contributed by atoms with Crippen LogP contribution in [-0.4, -0.2) is 4.98 Å². The van der Waals surface area contributed by atoms with Crippen LogP contribution in [0, 0.1) is 0 Å². The van der Waals surface area contributed by atoms with Crippen molar-refractivity contribution < 1.29 is 0 Å². The topological polar surface area (TPSA) is 12.9 Å². The molecule has 0 spiro atoms. The summed E-state index contributed by atoms with van der Waals surface area (Å²) in [5, 5.41) is 5.63. The van der Waals surface area contributed by atoms with Gasteiger partial charge in [-0.2, -0.15) is 0 Å². The molecule has 156 valence electrons. The first kappa shape index (κ1) is 19.7. The molecule has 0 saturated heterocycles. The SMILES string of the molecule is Clc1ccc(-c2ccc3cc(-c4ccc(-c5cccc6ccccc56)nc4)ccc3c2)cc1. The summed E-state index contributed by atoms with van der Waals surface area (Å²) in [5.41, 5.74) is 6.78. The van der Waals surface area contributed by atoms with Crippen LogP contribution in [0.25, 0.3) is 55.1 Å². The third-order valence-corrected chi connectivity index (χ3v) is 6.43. The van der Waals surface area contributed by atoms with Gasteiger partial charge < -0.3 is 0 Å². The molecule has 0 atom stereocenters. The van der Waals surface area contributed by atoms with Crippen molar-refractivity contribution in [1.82, 2.24) is 4.98 Å². The number of benzene rings is 5. The lowest BCUT2D eigenvalue weighted by atomic mass is 9.97. The van der Waals surface area contributed by atoms with Crippen LogP contribution in [0.2, 0.25) is 5.02 Å². The Hall–Kier alpha value is -3.94. The lowest BCUT2D eigenvalue weighted by Gasteiger charge is -2.09. The second-order valence-corrected chi connectivity index (χ2v) is 8.68. The molecule has 6 aromatic rings. The zero-order chi connectivity index (χ0) is 22.2. The predicted molar refractivity (Wildman–Crippen MR) is 141 cm³/mol. The molecule has 2 heteroatoms. The summed E-state index contributed by atoms with van der Waals surface area (Å²) in [7, 11) is 0. The van der Waals surface area contributed by atoms with Gasteiger partial charge in [-0.15, -0.1) is 0 Å². The average Bonchev–Trinajstić information content (AvgIpc) is 2.88. The molecule has 6 rings (SSSR count). The molecule has 0 aliphatic heterocycles. The van der Waals surface area contributed by atoms with Gasteiger partial charge in [0, 0.05) is 22.3 Å². The zero-order valence-electron chi connectivity index (χ0n) is 17.9. The van der Waals surface area contributed by atoms with Gasteiger partial charge in [0.15, 0.2) is 0 Å². The smallest absolute Gasteiger partial charge is 0.0708 e. The van der Waals surface area contributed by atoms with Crippen molar-refractivity contribution in [3.63, 3.8) is 0 Å². The van der Waals surface area contributed by atoms with Gasteiger partial charge in [0.05, 0.1) is 5.69 Å². The van der Waals surface area contributed by atoms with Gasteiger partial charge in [-0.3, -0.25) is 4.98 Å². The summed E-state index contributed by atoms with van der Waals surface area (Å²) < 4.78 is 0. The van der Waals surface area contributed by atoms with E-state index in [1.807, 2.05) is 18.3 Å². The Morgan fingerprint density at radius 3 is 1.85 bits per heavy atom. The lowest BCUT2D eigenvalue weighted by Crippen LogP contribution is -1.87. The molecule has 0 bridgehead atoms. The maximum atomic E-state index is 6.03. The van der Waals surface area contributed by atoms with E-state index in [0.717, 1.165) is 21.8 Å². The fourth-order valence-electron chi connectivity index (χ4n) is 4.42. The van der Waals surface area contributed by atoms with E-state index in [1.54, 1.807) is 0 Å². The summed E-state index contributed by atoms with van der Waals surface area (Å²) >= 11 is 6.03. The fourth-order valence-corrected chi connectivity index (χ4v) is 4.55. The largest absolute Gasteiger partial charge is 0.256 e. The number of rotatable bonds is 3. The molecule has 0 N–H and O–H groups in total. The Morgan fingerprint density at radius 2 is 1.12 bits per heavy atom. The number of hydrogen-bond donors (Lipinski definition) is 0. The first-order chi connectivity index (χ1) is 16.2. The summed E-state index contributed by atoms with van der Waals surface area (Å²) in [5.74, 6) is 0. The number of aromatic nitrogens is 1. The predicted octanol–water partition coefficient (Wildman–Crippen LogP) is 9.04. The molecular weight excluding hydrogens is 422 g/mol. The fraction of sp³-hybridized carbons (Fsp3) is 0. The summed E-state index contributed by atoms with van der Waals surface area (Å²) in [4.78, 5) is 4.81. The van der Waals surface area contributed by atoms with E-state index in [0.29, 0.717) is 0 Å². The molecule has 0 fully saturated rings. The number of halogens is 1. The average molecular weight is 442 g/mol. The van der Waals surface area contributed by atoms with Gasteiger partial charge in [-0.25, -0.2) is 0 Å². The molecule has 0 aliphatic rings. The molecule has 0 radical (unpaired) electrons. The first-order valence-electron chi connectivity index (χ1n) is 11.0. The third-order valence-electron chi connectivity index (χ3n) is 6.18. The lowest BCUT2D eigenvalue weighted by molar-refractivity contribution is 1.33. The highest BCUT2D eigenvalue weighted by atomic mass is 35.5. The third kappa shape index (κ3) is 3.77. The van der Waals surface area contributed by atoms with Crippen molar-refractivity contribution in [2.45, 2.75) is 0 Å². The van der Waals surface area contributed by atoms with E-state index in [4.69, 9.17) is 16.6 Å². The summed E-state index contributed by atoms with van der Waals surface area (Å²) in [6.07, 6.45) is 1.97. The first-order valence-corrected chi connectivity index (χ1v) is 11.4. The van der Waals surface area contributed by atoms with Crippen molar-refractivity contribution >= 4 is 33.1 Å². The number of nitrogens with zero attached hydrogens (tertiary/aromatic N) is 1. The molecule has 5 aromatic carbocycles. The molecule has 0 aliphatic carbocycles. The Morgan fingerprint density at radius 1 is 0.485 bits per heavy atom. The highest BCUT2D eigenvalue weighted by Gasteiger charge is 2.07. The number of pyridine rings is 1. The Labute approximate surface area is 197 Å². The van der Waals surface area contributed by atoms with Gasteiger partial charge in [-0.05, 0) is 68.6 Å². The molecular formula is C31H20ClN. The van der Waals surface area contributed by atoms with E-state index in [-0.39, 0.29) is 0 Å². The van der Waals surface area contributed by atoms with Crippen LogP contribution >= 0.6 is 11.6 Å². The second-order valence-electron chi connectivity index (χ2n) is 8.24. The molecule has 1 aromatic heterocycles. The quantitative estimate of drug-likeness (QED) is 0.267. The zero-order valence-corrected chi connectivity index (χ0v) is 18.6. The van der Waals surface area contributed by atoms with Gasteiger partial charge in [0.25, 0.3) is 0 Å². The van der Waals surface area contributed by atoms with Crippen molar-refractivity contribution in [2.24, 2.45) is 0 Å².